The summed E-state index contributed by atoms with van der Waals surface area (Å²) in [6.45, 7) is 5.48. The Morgan fingerprint density at radius 1 is 1.64 bits per heavy atom. The van der Waals surface area contributed by atoms with Crippen molar-refractivity contribution in [1.29, 1.82) is 0 Å². The van der Waals surface area contributed by atoms with Crippen LogP contribution < -0.4 is 5.32 Å². The molecule has 1 aliphatic carbocycles. The molecule has 0 amide bonds. The average molecular weight is 231 g/mol. The molecule has 4 heteroatoms. The van der Waals surface area contributed by atoms with E-state index in [0.717, 1.165) is 27.7 Å². The topological polar surface area (TPSA) is 24.9 Å². The summed E-state index contributed by atoms with van der Waals surface area (Å²) >= 11 is 7.36. The van der Waals surface area contributed by atoms with E-state index in [1.54, 1.807) is 17.5 Å². The fourth-order valence-corrected chi connectivity index (χ4v) is 2.80. The zero-order valence-electron chi connectivity index (χ0n) is 8.46. The summed E-state index contributed by atoms with van der Waals surface area (Å²) in [6.07, 6.45) is 3.01. The molecule has 1 heterocycles. The molecule has 1 aromatic rings. The van der Waals surface area contributed by atoms with E-state index < -0.39 is 0 Å². The largest absolute Gasteiger partial charge is 0.307 e. The van der Waals surface area contributed by atoms with Crippen LogP contribution in [0.3, 0.4) is 0 Å². The van der Waals surface area contributed by atoms with Crippen LogP contribution in [-0.2, 0) is 6.54 Å². The van der Waals surface area contributed by atoms with Gasteiger partial charge in [-0.15, -0.1) is 11.3 Å². The van der Waals surface area contributed by atoms with E-state index >= 15 is 0 Å². The van der Waals surface area contributed by atoms with Gasteiger partial charge in [0, 0.05) is 12.6 Å². The van der Waals surface area contributed by atoms with Gasteiger partial charge in [0.1, 0.15) is 9.34 Å². The van der Waals surface area contributed by atoms with Crippen molar-refractivity contribution in [2.24, 2.45) is 11.8 Å². The maximum absolute atomic E-state index is 5.80. The highest BCUT2D eigenvalue weighted by Crippen LogP contribution is 2.33. The Balaban J connectivity index is 1.78. The minimum Gasteiger partial charge on any atom is -0.307 e. The smallest absolute Gasteiger partial charge is 0.113 e. The number of rotatable bonds is 3. The lowest BCUT2D eigenvalue weighted by atomic mass is 9.71. The van der Waals surface area contributed by atoms with Crippen molar-refractivity contribution >= 4 is 22.9 Å². The average Bonchev–Trinajstić information content (AvgIpc) is 2.58. The molecule has 1 N–H and O–H groups in total. The first-order valence-corrected chi connectivity index (χ1v) is 6.20. The highest BCUT2D eigenvalue weighted by molar-refractivity contribution is 7.15. The van der Waals surface area contributed by atoms with Crippen molar-refractivity contribution in [3.63, 3.8) is 0 Å². The van der Waals surface area contributed by atoms with Gasteiger partial charge in [-0.05, 0) is 18.3 Å². The molecule has 78 valence electrons. The summed E-state index contributed by atoms with van der Waals surface area (Å²) in [6, 6.07) is 0.674. The summed E-state index contributed by atoms with van der Waals surface area (Å²) in [5, 5.41) is 4.60. The SMILES string of the molecule is CC1CC(NCc2ncc(Cl)s2)C1C. The fourth-order valence-electron chi connectivity index (χ4n) is 1.89. The van der Waals surface area contributed by atoms with Gasteiger partial charge in [0.05, 0.1) is 6.20 Å². The van der Waals surface area contributed by atoms with Crippen molar-refractivity contribution in [3.8, 4) is 0 Å². The number of nitrogens with one attached hydrogen (secondary N) is 1. The maximum atomic E-state index is 5.80. The van der Waals surface area contributed by atoms with Crippen LogP contribution in [0.25, 0.3) is 0 Å². The molecule has 1 aliphatic rings. The second kappa shape index (κ2) is 4.17. The van der Waals surface area contributed by atoms with Crippen molar-refractivity contribution in [1.82, 2.24) is 10.3 Å². The predicted octanol–water partition coefficient (Wildman–Crippen LogP) is 2.93. The lowest BCUT2D eigenvalue weighted by Crippen LogP contribution is -2.47. The number of hydrogen-bond acceptors (Lipinski definition) is 3. The highest BCUT2D eigenvalue weighted by Gasteiger charge is 2.33. The Kier molecular flexibility index (Phi) is 3.10. The first-order chi connectivity index (χ1) is 6.66. The minimum atomic E-state index is 0.674. The molecule has 2 nitrogen and oxygen atoms in total. The number of aromatic nitrogens is 1. The molecule has 3 unspecified atom stereocenters. The molecule has 1 aromatic heterocycles. The summed E-state index contributed by atoms with van der Waals surface area (Å²) < 4.78 is 0.775. The van der Waals surface area contributed by atoms with Gasteiger partial charge in [-0.3, -0.25) is 0 Å². The van der Waals surface area contributed by atoms with Gasteiger partial charge in [-0.1, -0.05) is 25.4 Å². The highest BCUT2D eigenvalue weighted by atomic mass is 35.5. The molecule has 0 radical (unpaired) electrons. The zero-order valence-corrected chi connectivity index (χ0v) is 10.0. The van der Waals surface area contributed by atoms with Crippen LogP contribution in [-0.4, -0.2) is 11.0 Å². The van der Waals surface area contributed by atoms with Crippen LogP contribution in [0.1, 0.15) is 25.3 Å². The molecular weight excluding hydrogens is 216 g/mol. The van der Waals surface area contributed by atoms with Gasteiger partial charge in [0.25, 0.3) is 0 Å². The van der Waals surface area contributed by atoms with E-state index in [1.807, 2.05) is 0 Å². The first kappa shape index (κ1) is 10.4. The number of nitrogens with zero attached hydrogens (tertiary/aromatic N) is 1. The number of thiazole rings is 1. The van der Waals surface area contributed by atoms with Crippen LogP contribution in [0.2, 0.25) is 4.34 Å². The summed E-state index contributed by atoms with van der Waals surface area (Å²) in [4.78, 5) is 4.21. The Morgan fingerprint density at radius 2 is 2.43 bits per heavy atom. The summed E-state index contributed by atoms with van der Waals surface area (Å²) in [7, 11) is 0. The molecule has 2 rings (SSSR count). The minimum absolute atomic E-state index is 0.674. The van der Waals surface area contributed by atoms with Crippen LogP contribution in [0.5, 0.6) is 0 Å². The molecule has 1 saturated carbocycles. The lowest BCUT2D eigenvalue weighted by molar-refractivity contribution is 0.136. The normalized spacial score (nSPS) is 31.5. The van der Waals surface area contributed by atoms with Crippen molar-refractivity contribution in [2.75, 3.05) is 0 Å². The maximum Gasteiger partial charge on any atom is 0.113 e. The van der Waals surface area contributed by atoms with Crippen molar-refractivity contribution < 1.29 is 0 Å². The molecule has 14 heavy (non-hydrogen) atoms. The van der Waals surface area contributed by atoms with E-state index in [-0.39, 0.29) is 0 Å². The van der Waals surface area contributed by atoms with E-state index in [2.05, 4.69) is 24.1 Å². The first-order valence-electron chi connectivity index (χ1n) is 5.00. The van der Waals surface area contributed by atoms with Crippen LogP contribution in [0, 0.1) is 11.8 Å². The van der Waals surface area contributed by atoms with Gasteiger partial charge in [-0.2, -0.15) is 0 Å². The Hall–Kier alpha value is -0.120. The van der Waals surface area contributed by atoms with Gasteiger partial charge < -0.3 is 5.32 Å². The van der Waals surface area contributed by atoms with Gasteiger partial charge in [-0.25, -0.2) is 4.98 Å². The Labute approximate surface area is 93.7 Å². The zero-order chi connectivity index (χ0) is 10.1. The van der Waals surface area contributed by atoms with E-state index in [4.69, 9.17) is 11.6 Å². The van der Waals surface area contributed by atoms with E-state index in [9.17, 15) is 0 Å². The van der Waals surface area contributed by atoms with E-state index in [0.29, 0.717) is 6.04 Å². The van der Waals surface area contributed by atoms with E-state index in [1.165, 1.54) is 6.42 Å². The number of hydrogen-bond donors (Lipinski definition) is 1. The summed E-state index contributed by atoms with van der Waals surface area (Å²) in [5.41, 5.74) is 0. The third-order valence-corrected chi connectivity index (χ3v) is 4.31. The van der Waals surface area contributed by atoms with Crippen LogP contribution in [0.15, 0.2) is 6.20 Å². The lowest BCUT2D eigenvalue weighted by Gasteiger charge is -2.41. The molecular formula is C10H15ClN2S. The molecule has 0 spiro atoms. The number of halogens is 1. The van der Waals surface area contributed by atoms with Crippen LogP contribution in [0.4, 0.5) is 0 Å². The monoisotopic (exact) mass is 230 g/mol. The molecule has 0 aromatic carbocycles. The Bertz CT molecular complexity index is 313. The second-order valence-electron chi connectivity index (χ2n) is 4.12. The van der Waals surface area contributed by atoms with Crippen molar-refractivity contribution in [3.05, 3.63) is 15.5 Å². The Morgan fingerprint density at radius 3 is 2.93 bits per heavy atom. The second-order valence-corrected chi connectivity index (χ2v) is 5.86. The predicted molar refractivity (Wildman–Crippen MR) is 60.7 cm³/mol. The van der Waals surface area contributed by atoms with Crippen molar-refractivity contribution in [2.45, 2.75) is 32.9 Å². The third-order valence-electron chi connectivity index (χ3n) is 3.20. The standard InChI is InChI=1S/C10H15ClN2S/c1-6-3-8(7(6)2)12-5-10-13-4-9(11)14-10/h4,6-8,12H,3,5H2,1-2H3. The molecule has 0 saturated heterocycles. The fraction of sp³-hybridized carbons (Fsp3) is 0.700. The third kappa shape index (κ3) is 2.10. The molecule has 0 aliphatic heterocycles. The van der Waals surface area contributed by atoms with Gasteiger partial charge >= 0.3 is 0 Å². The quantitative estimate of drug-likeness (QED) is 0.864. The molecule has 3 atom stereocenters. The van der Waals surface area contributed by atoms with Gasteiger partial charge in [0.15, 0.2) is 0 Å². The molecule has 1 fully saturated rings. The molecule has 0 bridgehead atoms. The van der Waals surface area contributed by atoms with Crippen LogP contribution >= 0.6 is 22.9 Å². The summed E-state index contributed by atoms with van der Waals surface area (Å²) in [5.74, 6) is 1.66. The van der Waals surface area contributed by atoms with Gasteiger partial charge in [0.2, 0.25) is 0 Å².